The van der Waals surface area contributed by atoms with Gasteiger partial charge in [0.25, 0.3) is 5.56 Å². The largest absolute Gasteiger partial charge is 0.340 e. The maximum Gasteiger partial charge on any atom is 0.335 e. The lowest BCUT2D eigenvalue weighted by Crippen LogP contribution is -2.29. The maximum absolute atomic E-state index is 12.7. The molecule has 36 heavy (non-hydrogen) atoms. The summed E-state index contributed by atoms with van der Waals surface area (Å²) in [7, 11) is 2.19. The Morgan fingerprint density at radius 1 is 1.06 bits per heavy atom. The van der Waals surface area contributed by atoms with Gasteiger partial charge in [0.2, 0.25) is 0 Å². The molecule has 0 atom stereocenters. The molecule has 0 spiro atoms. The Hall–Kier alpha value is -3.69. The van der Waals surface area contributed by atoms with Crippen LogP contribution >= 0.6 is 0 Å². The van der Waals surface area contributed by atoms with Gasteiger partial charge >= 0.3 is 11.6 Å². The van der Waals surface area contributed by atoms with Gasteiger partial charge in [-0.1, -0.05) is 12.1 Å². The molecule has 8 nitrogen and oxygen atoms in total. The highest BCUT2D eigenvalue weighted by atomic mass is 32.1. The zero-order chi connectivity index (χ0) is 25.7. The SMILES string of the molecule is Cc1cncc(-c2cc3cc[nH]c(=O)c3c(Nc3ccc(C4CCN(C)CC4)cc3)n2)c1C.O=S=O. The minimum atomic E-state index is -0.750. The number of aryl methyl sites for hydroxylation is 1. The van der Waals surface area contributed by atoms with E-state index in [1.807, 2.05) is 31.5 Å². The van der Waals surface area contributed by atoms with Crippen molar-refractivity contribution in [2.45, 2.75) is 32.6 Å². The number of nitrogens with zero attached hydrogens (tertiary/aromatic N) is 3. The highest BCUT2D eigenvalue weighted by molar-refractivity contribution is 7.51. The van der Waals surface area contributed by atoms with Crippen molar-refractivity contribution in [2.24, 2.45) is 0 Å². The zero-order valence-electron chi connectivity index (χ0n) is 20.6. The first kappa shape index (κ1) is 25.4. The third-order valence-corrected chi connectivity index (χ3v) is 6.86. The summed E-state index contributed by atoms with van der Waals surface area (Å²) in [6.45, 7) is 6.40. The van der Waals surface area contributed by atoms with Gasteiger partial charge in [-0.05, 0) is 99.1 Å². The lowest BCUT2D eigenvalue weighted by atomic mass is 9.89. The minimum Gasteiger partial charge on any atom is -0.340 e. The third-order valence-electron chi connectivity index (χ3n) is 6.86. The Morgan fingerprint density at radius 3 is 2.44 bits per heavy atom. The molecule has 0 saturated carbocycles. The van der Waals surface area contributed by atoms with Crippen molar-refractivity contribution in [2.75, 3.05) is 25.5 Å². The fourth-order valence-electron chi connectivity index (χ4n) is 4.65. The molecule has 0 amide bonds. The highest BCUT2D eigenvalue weighted by Crippen LogP contribution is 2.31. The number of fused-ring (bicyclic) bond motifs is 1. The van der Waals surface area contributed by atoms with Crippen LogP contribution in [-0.2, 0) is 11.6 Å². The molecule has 0 radical (unpaired) electrons. The molecule has 4 aromatic rings. The van der Waals surface area contributed by atoms with Gasteiger partial charge in [-0.2, -0.15) is 8.42 Å². The molecular formula is C27H29N5O3S. The van der Waals surface area contributed by atoms with Crippen molar-refractivity contribution in [1.82, 2.24) is 19.9 Å². The van der Waals surface area contributed by atoms with Crippen LogP contribution in [0.5, 0.6) is 0 Å². The van der Waals surface area contributed by atoms with Crippen molar-refractivity contribution in [1.29, 1.82) is 0 Å². The standard InChI is InChI=1S/C27H29N5O.O2S/c1-17-15-28-16-23(18(17)2)24-14-21-8-11-29-27(33)25(21)26(31-24)30-22-6-4-19(5-7-22)20-9-12-32(3)13-10-20;1-3-2/h4-8,11,14-16,20H,9-10,12-13H2,1-3H3,(H,29,33)(H,30,31);. The number of rotatable bonds is 4. The van der Waals surface area contributed by atoms with Crippen molar-refractivity contribution < 1.29 is 8.42 Å². The zero-order valence-corrected chi connectivity index (χ0v) is 21.4. The Balaban J connectivity index is 0.000000967. The van der Waals surface area contributed by atoms with Crippen LogP contribution in [0.4, 0.5) is 11.5 Å². The minimum absolute atomic E-state index is 0.156. The summed E-state index contributed by atoms with van der Waals surface area (Å²) in [6.07, 6.45) is 7.75. The summed E-state index contributed by atoms with van der Waals surface area (Å²) in [4.78, 5) is 27.1. The second-order valence-corrected chi connectivity index (χ2v) is 9.28. The third kappa shape index (κ3) is 5.58. The van der Waals surface area contributed by atoms with E-state index < -0.39 is 11.6 Å². The molecule has 1 aliphatic heterocycles. The number of anilines is 2. The highest BCUT2D eigenvalue weighted by Gasteiger charge is 2.18. The smallest absolute Gasteiger partial charge is 0.335 e. The number of H-pyrrole nitrogens is 1. The summed E-state index contributed by atoms with van der Waals surface area (Å²) in [5.74, 6) is 1.16. The maximum atomic E-state index is 12.7. The van der Waals surface area contributed by atoms with Crippen LogP contribution in [0.1, 0.15) is 35.4 Å². The van der Waals surface area contributed by atoms with E-state index in [0.29, 0.717) is 17.1 Å². The van der Waals surface area contributed by atoms with Gasteiger partial charge in [0, 0.05) is 29.8 Å². The summed E-state index contributed by atoms with van der Waals surface area (Å²) in [5.41, 5.74) is 6.15. The van der Waals surface area contributed by atoms with E-state index in [0.717, 1.165) is 46.5 Å². The average Bonchev–Trinajstić information content (AvgIpc) is 2.87. The van der Waals surface area contributed by atoms with E-state index in [-0.39, 0.29) is 5.56 Å². The van der Waals surface area contributed by atoms with Gasteiger partial charge in [0.05, 0.1) is 11.1 Å². The molecule has 5 rings (SSSR count). The van der Waals surface area contributed by atoms with E-state index in [1.165, 1.54) is 18.4 Å². The lowest BCUT2D eigenvalue weighted by Gasteiger charge is -2.29. The number of aromatic amines is 1. The van der Waals surface area contributed by atoms with Gasteiger partial charge in [0.1, 0.15) is 5.82 Å². The molecule has 1 fully saturated rings. The van der Waals surface area contributed by atoms with E-state index in [9.17, 15) is 4.79 Å². The van der Waals surface area contributed by atoms with Crippen LogP contribution in [-0.4, -0.2) is 48.4 Å². The number of nitrogens with one attached hydrogen (secondary N) is 2. The number of piperidine rings is 1. The number of aromatic nitrogens is 3. The van der Waals surface area contributed by atoms with Crippen LogP contribution < -0.4 is 10.9 Å². The van der Waals surface area contributed by atoms with Crippen LogP contribution in [0.2, 0.25) is 0 Å². The monoisotopic (exact) mass is 503 g/mol. The summed E-state index contributed by atoms with van der Waals surface area (Å²) >= 11 is -0.750. The molecule has 0 unspecified atom stereocenters. The number of hydrogen-bond donors (Lipinski definition) is 2. The van der Waals surface area contributed by atoms with E-state index in [4.69, 9.17) is 13.4 Å². The lowest BCUT2D eigenvalue weighted by molar-refractivity contribution is 0.255. The van der Waals surface area contributed by atoms with Crippen molar-refractivity contribution in [3.8, 4) is 11.3 Å². The van der Waals surface area contributed by atoms with Gasteiger partial charge in [0.15, 0.2) is 0 Å². The van der Waals surface area contributed by atoms with Crippen LogP contribution in [0.15, 0.2) is 59.8 Å². The predicted molar refractivity (Wildman–Crippen MR) is 143 cm³/mol. The topological polar surface area (TPSA) is 108 Å². The van der Waals surface area contributed by atoms with Crippen molar-refractivity contribution in [3.63, 3.8) is 0 Å². The number of benzene rings is 1. The summed E-state index contributed by atoms with van der Waals surface area (Å²) < 4.78 is 16.6. The average molecular weight is 504 g/mol. The molecule has 1 aliphatic rings. The van der Waals surface area contributed by atoms with Gasteiger partial charge in [-0.3, -0.25) is 9.78 Å². The summed E-state index contributed by atoms with van der Waals surface area (Å²) in [5, 5.41) is 4.81. The second kappa shape index (κ2) is 11.4. The predicted octanol–water partition coefficient (Wildman–Crippen LogP) is 4.48. The number of likely N-dealkylation sites (tertiary alicyclic amines) is 1. The normalized spacial score (nSPS) is 14.2. The fraction of sp³-hybridized carbons (Fsp3) is 0.296. The molecule has 0 bridgehead atoms. The van der Waals surface area contributed by atoms with Crippen molar-refractivity contribution >= 4 is 33.8 Å². The molecule has 3 aromatic heterocycles. The fourth-order valence-corrected chi connectivity index (χ4v) is 4.65. The van der Waals surface area contributed by atoms with Gasteiger partial charge < -0.3 is 15.2 Å². The van der Waals surface area contributed by atoms with E-state index in [1.54, 1.807) is 6.20 Å². The Bertz CT molecular complexity index is 1460. The first-order valence-corrected chi connectivity index (χ1v) is 12.5. The summed E-state index contributed by atoms with van der Waals surface area (Å²) in [6, 6.07) is 12.4. The van der Waals surface area contributed by atoms with Crippen LogP contribution in [0.25, 0.3) is 22.0 Å². The quantitative estimate of drug-likeness (QED) is 0.423. The number of hydrogen-bond acceptors (Lipinski definition) is 7. The van der Waals surface area contributed by atoms with Crippen LogP contribution in [0.3, 0.4) is 0 Å². The van der Waals surface area contributed by atoms with Gasteiger partial charge in [-0.25, -0.2) is 4.98 Å². The Labute approximate surface area is 213 Å². The molecular weight excluding hydrogens is 474 g/mol. The van der Waals surface area contributed by atoms with Gasteiger partial charge in [-0.15, -0.1) is 0 Å². The van der Waals surface area contributed by atoms with E-state index in [2.05, 4.69) is 58.4 Å². The molecule has 2 N–H and O–H groups in total. The molecule has 186 valence electrons. The van der Waals surface area contributed by atoms with Crippen LogP contribution in [0, 0.1) is 13.8 Å². The first-order valence-electron chi connectivity index (χ1n) is 11.8. The molecule has 0 aliphatic carbocycles. The van der Waals surface area contributed by atoms with E-state index >= 15 is 0 Å². The number of pyridine rings is 3. The first-order chi connectivity index (χ1) is 17.4. The van der Waals surface area contributed by atoms with Crippen molar-refractivity contribution in [3.05, 3.63) is 82.0 Å². The Kier molecular flexibility index (Phi) is 8.02. The molecule has 1 saturated heterocycles. The molecule has 9 heteroatoms. The second-order valence-electron chi connectivity index (χ2n) is 9.15. The molecule has 1 aromatic carbocycles. The molecule has 4 heterocycles. The Morgan fingerprint density at radius 2 is 1.75 bits per heavy atom.